The van der Waals surface area contributed by atoms with Crippen LogP contribution in [0.4, 0.5) is 0 Å². The lowest BCUT2D eigenvalue weighted by Crippen LogP contribution is -2.53. The van der Waals surface area contributed by atoms with Crippen molar-refractivity contribution in [1.82, 2.24) is 19.2 Å². The first-order valence-electron chi connectivity index (χ1n) is 10.4. The minimum absolute atomic E-state index is 0.230. The molecule has 0 radical (unpaired) electrons. The second kappa shape index (κ2) is 7.24. The van der Waals surface area contributed by atoms with E-state index >= 15 is 0 Å². The van der Waals surface area contributed by atoms with Crippen LogP contribution in [0.25, 0.3) is 0 Å². The maximum Gasteiger partial charge on any atom is 0.332 e. The second-order valence-corrected chi connectivity index (χ2v) is 8.81. The largest absolute Gasteiger partial charge is 0.454 e. The van der Waals surface area contributed by atoms with E-state index in [9.17, 15) is 9.59 Å². The van der Waals surface area contributed by atoms with Gasteiger partial charge in [0.15, 0.2) is 17.3 Å². The number of hydrogen-bond acceptors (Lipinski definition) is 7. The Labute approximate surface area is 173 Å². The van der Waals surface area contributed by atoms with Crippen LogP contribution in [0.5, 0.6) is 11.5 Å². The van der Waals surface area contributed by atoms with Gasteiger partial charge in [-0.25, -0.2) is 4.68 Å². The van der Waals surface area contributed by atoms with Crippen LogP contribution >= 0.6 is 0 Å². The third-order valence-corrected chi connectivity index (χ3v) is 5.94. The summed E-state index contributed by atoms with van der Waals surface area (Å²) in [6, 6.07) is 5.99. The molecule has 0 unspecified atom stereocenters. The second-order valence-electron chi connectivity index (χ2n) is 8.81. The Morgan fingerprint density at radius 2 is 1.97 bits per heavy atom. The molecule has 1 saturated heterocycles. The van der Waals surface area contributed by atoms with Crippen molar-refractivity contribution in [2.24, 2.45) is 5.92 Å². The van der Waals surface area contributed by atoms with Crippen LogP contribution in [0.1, 0.15) is 31.7 Å². The van der Waals surface area contributed by atoms with Crippen LogP contribution in [0.2, 0.25) is 0 Å². The van der Waals surface area contributed by atoms with Gasteiger partial charge in [-0.15, -0.1) is 0 Å². The lowest BCUT2D eigenvalue weighted by molar-refractivity contribution is -0.0859. The number of ether oxygens (including phenoxy) is 3. The van der Waals surface area contributed by atoms with Crippen LogP contribution in [0, 0.1) is 5.92 Å². The highest BCUT2D eigenvalue weighted by Gasteiger charge is 2.43. The van der Waals surface area contributed by atoms with Crippen LogP contribution in [0.15, 0.2) is 27.8 Å². The Balaban J connectivity index is 1.33. The summed E-state index contributed by atoms with van der Waals surface area (Å²) >= 11 is 0. The third kappa shape index (κ3) is 3.41. The molecule has 1 aromatic carbocycles. The zero-order valence-electron chi connectivity index (χ0n) is 17.3. The molecule has 0 amide bonds. The Morgan fingerprint density at radius 1 is 1.13 bits per heavy atom. The quantitative estimate of drug-likeness (QED) is 0.689. The van der Waals surface area contributed by atoms with Gasteiger partial charge in [-0.05, 0) is 30.0 Å². The molecule has 9 nitrogen and oxygen atoms in total. The molecule has 0 aliphatic carbocycles. The van der Waals surface area contributed by atoms with Gasteiger partial charge in [0.05, 0.1) is 6.54 Å². The van der Waals surface area contributed by atoms with Crippen molar-refractivity contribution >= 4 is 0 Å². The van der Waals surface area contributed by atoms with Crippen LogP contribution in [-0.4, -0.2) is 44.7 Å². The molecule has 1 fully saturated rings. The molecule has 2 aromatic rings. The first kappa shape index (κ1) is 19.3. The summed E-state index contributed by atoms with van der Waals surface area (Å²) in [6.45, 7) is 7.59. The summed E-state index contributed by atoms with van der Waals surface area (Å²) in [5.41, 5.74) is -0.383. The average molecular weight is 414 g/mol. The van der Waals surface area contributed by atoms with Crippen molar-refractivity contribution in [3.8, 4) is 11.5 Å². The Morgan fingerprint density at radius 3 is 2.80 bits per heavy atom. The standard InChI is InChI=1S/C21H26N4O5/c1-14(2)8-25-20(27)19(26)24-12-21(30-10-18(24)22-25)5-6-23(11-21)9-15-3-4-16-17(7-15)29-13-28-16/h3-4,7,14H,5-6,8-13H2,1-2H3/t21-/m1/s1. The van der Waals surface area contributed by atoms with Crippen molar-refractivity contribution in [1.29, 1.82) is 0 Å². The third-order valence-electron chi connectivity index (χ3n) is 5.94. The van der Waals surface area contributed by atoms with Crippen molar-refractivity contribution in [3.63, 3.8) is 0 Å². The van der Waals surface area contributed by atoms with Crippen molar-refractivity contribution in [3.05, 3.63) is 50.3 Å². The summed E-state index contributed by atoms with van der Waals surface area (Å²) in [4.78, 5) is 27.5. The normalized spacial score (nSPS) is 22.8. The molecular formula is C21H26N4O5. The van der Waals surface area contributed by atoms with Gasteiger partial charge < -0.3 is 14.2 Å². The molecule has 0 bridgehead atoms. The van der Waals surface area contributed by atoms with E-state index in [-0.39, 0.29) is 19.3 Å². The Bertz CT molecular complexity index is 1090. The Hall–Kier alpha value is -2.65. The monoisotopic (exact) mass is 414 g/mol. The molecule has 3 aliphatic rings. The maximum atomic E-state index is 12.7. The van der Waals surface area contributed by atoms with Gasteiger partial charge in [0, 0.05) is 26.2 Å². The minimum atomic E-state index is -0.556. The first-order chi connectivity index (χ1) is 14.4. The van der Waals surface area contributed by atoms with Crippen LogP contribution in [0.3, 0.4) is 0 Å². The first-order valence-corrected chi connectivity index (χ1v) is 10.4. The van der Waals surface area contributed by atoms with Gasteiger partial charge in [-0.3, -0.25) is 19.1 Å². The molecule has 1 atom stereocenters. The molecule has 0 saturated carbocycles. The van der Waals surface area contributed by atoms with Crippen molar-refractivity contribution in [2.45, 2.75) is 52.1 Å². The van der Waals surface area contributed by atoms with E-state index in [0.717, 1.165) is 36.6 Å². The molecule has 0 N–H and O–H groups in total. The molecule has 3 aliphatic heterocycles. The average Bonchev–Trinajstić information content (AvgIpc) is 3.33. The predicted octanol–water partition coefficient (Wildman–Crippen LogP) is 0.965. The van der Waals surface area contributed by atoms with E-state index in [0.29, 0.717) is 25.5 Å². The highest BCUT2D eigenvalue weighted by molar-refractivity contribution is 5.44. The van der Waals surface area contributed by atoms with Crippen molar-refractivity contribution < 1.29 is 14.2 Å². The number of likely N-dealkylation sites (tertiary alicyclic amines) is 1. The number of nitrogens with zero attached hydrogens (tertiary/aromatic N) is 4. The van der Waals surface area contributed by atoms with Gasteiger partial charge in [-0.1, -0.05) is 19.9 Å². The topological polar surface area (TPSA) is 87.8 Å². The van der Waals surface area contributed by atoms with E-state index < -0.39 is 16.7 Å². The minimum Gasteiger partial charge on any atom is -0.454 e. The zero-order valence-corrected chi connectivity index (χ0v) is 17.3. The fourth-order valence-electron chi connectivity index (χ4n) is 4.48. The van der Waals surface area contributed by atoms with Gasteiger partial charge in [0.2, 0.25) is 6.79 Å². The SMILES string of the molecule is CC(C)Cn1nc2n(c(=O)c1=O)C[C@]1(CCN(Cc3ccc4c(c3)OCO4)C1)OC2. The van der Waals surface area contributed by atoms with Crippen molar-refractivity contribution in [2.75, 3.05) is 19.9 Å². The van der Waals surface area contributed by atoms with Crippen LogP contribution in [-0.2, 0) is 31.0 Å². The molecule has 30 heavy (non-hydrogen) atoms. The predicted molar refractivity (Wildman–Crippen MR) is 108 cm³/mol. The smallest absolute Gasteiger partial charge is 0.332 e. The summed E-state index contributed by atoms with van der Waals surface area (Å²) < 4.78 is 19.9. The van der Waals surface area contributed by atoms with Gasteiger partial charge >= 0.3 is 11.1 Å². The number of hydrogen-bond donors (Lipinski definition) is 0. The molecule has 1 spiro atoms. The fraction of sp³-hybridized carbons (Fsp3) is 0.571. The maximum absolute atomic E-state index is 12.7. The molecule has 9 heteroatoms. The van der Waals surface area contributed by atoms with E-state index in [1.807, 2.05) is 32.0 Å². The lowest BCUT2D eigenvalue weighted by Gasteiger charge is -2.35. The number of aromatic nitrogens is 3. The molecule has 5 rings (SSSR count). The number of fused-ring (bicyclic) bond motifs is 2. The summed E-state index contributed by atoms with van der Waals surface area (Å²) in [5, 5.41) is 4.39. The number of benzene rings is 1. The molecule has 1 aromatic heterocycles. The fourth-order valence-corrected chi connectivity index (χ4v) is 4.48. The molecule has 4 heterocycles. The molecular weight excluding hydrogens is 388 g/mol. The number of rotatable bonds is 4. The van der Waals surface area contributed by atoms with Gasteiger partial charge in [0.25, 0.3) is 0 Å². The zero-order chi connectivity index (χ0) is 20.9. The highest BCUT2D eigenvalue weighted by Crippen LogP contribution is 2.35. The van der Waals surface area contributed by atoms with Gasteiger partial charge in [0.1, 0.15) is 12.2 Å². The van der Waals surface area contributed by atoms with E-state index in [2.05, 4.69) is 10.00 Å². The van der Waals surface area contributed by atoms with E-state index in [1.165, 1.54) is 9.25 Å². The van der Waals surface area contributed by atoms with E-state index in [1.54, 1.807) is 0 Å². The molecule has 160 valence electrons. The lowest BCUT2D eigenvalue weighted by atomic mass is 10.0. The summed E-state index contributed by atoms with van der Waals surface area (Å²) in [6.07, 6.45) is 0.804. The van der Waals surface area contributed by atoms with Gasteiger partial charge in [-0.2, -0.15) is 5.10 Å². The summed E-state index contributed by atoms with van der Waals surface area (Å²) in [7, 11) is 0. The highest BCUT2D eigenvalue weighted by atomic mass is 16.7. The van der Waals surface area contributed by atoms with E-state index in [4.69, 9.17) is 14.2 Å². The Kier molecular flexibility index (Phi) is 4.67. The summed E-state index contributed by atoms with van der Waals surface area (Å²) in [5.74, 6) is 2.31. The van der Waals surface area contributed by atoms with Crippen LogP contribution < -0.4 is 20.6 Å².